The molecular weight excluding hydrogens is 403 g/mol. The summed E-state index contributed by atoms with van der Waals surface area (Å²) in [5.74, 6) is -1.17. The van der Waals surface area contributed by atoms with Crippen LogP contribution in [0.4, 0.5) is 18.9 Å². The number of nitro groups is 1. The smallest absolute Gasteiger partial charge is 0.362 e. The molecule has 1 heterocycles. The fourth-order valence-electron chi connectivity index (χ4n) is 2.63. The maximum atomic E-state index is 13.6. The Balaban J connectivity index is 2.02. The Morgan fingerprint density at radius 2 is 1.75 bits per heavy atom. The van der Waals surface area contributed by atoms with Gasteiger partial charge in [0.1, 0.15) is 0 Å². The fraction of sp³-hybridized carbons (Fsp3) is 0.176. The van der Waals surface area contributed by atoms with E-state index in [0.717, 1.165) is 12.1 Å². The first-order valence-electron chi connectivity index (χ1n) is 7.74. The molecule has 0 aromatic heterocycles. The van der Waals surface area contributed by atoms with Crippen LogP contribution in [0, 0.1) is 10.1 Å². The van der Waals surface area contributed by atoms with Gasteiger partial charge in [-0.25, -0.2) is 0 Å². The lowest BCUT2D eigenvalue weighted by Gasteiger charge is -2.32. The summed E-state index contributed by atoms with van der Waals surface area (Å²) < 4.78 is 40.7. The van der Waals surface area contributed by atoms with E-state index in [1.54, 1.807) is 0 Å². The number of non-ortho nitro benzene ring substituents is 1. The second-order valence-electron chi connectivity index (χ2n) is 5.97. The normalized spacial score (nSPS) is 19.5. The lowest BCUT2D eigenvalue weighted by molar-refractivity contribution is -0.384. The van der Waals surface area contributed by atoms with E-state index in [2.05, 4.69) is 5.10 Å². The summed E-state index contributed by atoms with van der Waals surface area (Å²) in [4.78, 5) is 22.6. The summed E-state index contributed by atoms with van der Waals surface area (Å²) in [6.45, 7) is 0. The zero-order chi connectivity index (χ0) is 20.7. The lowest BCUT2D eigenvalue weighted by Crippen LogP contribution is -2.56. The van der Waals surface area contributed by atoms with Crippen molar-refractivity contribution in [2.75, 3.05) is 0 Å². The van der Waals surface area contributed by atoms with Gasteiger partial charge < -0.3 is 5.11 Å². The second-order valence-corrected chi connectivity index (χ2v) is 6.40. The van der Waals surface area contributed by atoms with Crippen molar-refractivity contribution in [1.82, 2.24) is 5.01 Å². The molecule has 1 aliphatic rings. The largest absolute Gasteiger partial charge is 0.438 e. The highest BCUT2D eigenvalue weighted by atomic mass is 35.5. The van der Waals surface area contributed by atoms with Crippen LogP contribution in [0.1, 0.15) is 22.3 Å². The fourth-order valence-corrected chi connectivity index (χ4v) is 2.76. The van der Waals surface area contributed by atoms with Gasteiger partial charge in [-0.1, -0.05) is 11.6 Å². The molecule has 28 heavy (non-hydrogen) atoms. The van der Waals surface area contributed by atoms with Crippen LogP contribution >= 0.6 is 11.6 Å². The number of nitro benzene ring substituents is 1. The SMILES string of the molecule is O=C(c1ccc(Cl)cc1)N1N=C(c2ccc([N+](=O)[O-])cc2)C[C@]1(O)C(F)(F)F. The first kappa shape index (κ1) is 19.8. The molecule has 1 amide bonds. The average molecular weight is 414 g/mol. The molecule has 1 aliphatic heterocycles. The summed E-state index contributed by atoms with van der Waals surface area (Å²) in [5.41, 5.74) is -4.10. The van der Waals surface area contributed by atoms with Gasteiger partial charge in [0.05, 0.1) is 17.1 Å². The van der Waals surface area contributed by atoms with E-state index in [9.17, 15) is 33.2 Å². The van der Waals surface area contributed by atoms with Crippen LogP contribution in [-0.4, -0.2) is 38.6 Å². The number of nitrogens with zero attached hydrogens (tertiary/aromatic N) is 3. The van der Waals surface area contributed by atoms with Crippen molar-refractivity contribution >= 4 is 28.9 Å². The molecular formula is C17H11ClF3N3O4. The standard InChI is InChI=1S/C17H11ClF3N3O4/c18-12-5-1-11(2-6-12)15(25)23-16(26,17(19,20)21)9-14(22-23)10-3-7-13(8-4-10)24(27)28/h1-8,26H,9H2/t16-/m0/s1. The third-order valence-electron chi connectivity index (χ3n) is 4.13. The zero-order valence-corrected chi connectivity index (χ0v) is 14.6. The Hall–Kier alpha value is -2.98. The first-order valence-corrected chi connectivity index (χ1v) is 8.12. The first-order chi connectivity index (χ1) is 13.0. The summed E-state index contributed by atoms with van der Waals surface area (Å²) in [6.07, 6.45) is -6.21. The number of aliphatic hydroxyl groups is 1. The Kier molecular flexibility index (Phi) is 4.86. The van der Waals surface area contributed by atoms with Gasteiger partial charge >= 0.3 is 6.18 Å². The number of halogens is 4. The Morgan fingerprint density at radius 1 is 1.18 bits per heavy atom. The molecule has 0 bridgehead atoms. The summed E-state index contributed by atoms with van der Waals surface area (Å²) >= 11 is 5.71. The molecule has 2 aromatic carbocycles. The summed E-state index contributed by atoms with van der Waals surface area (Å²) in [7, 11) is 0. The predicted molar refractivity (Wildman–Crippen MR) is 92.9 cm³/mol. The van der Waals surface area contributed by atoms with Crippen LogP contribution < -0.4 is 0 Å². The van der Waals surface area contributed by atoms with E-state index in [1.807, 2.05) is 0 Å². The minimum atomic E-state index is -5.19. The summed E-state index contributed by atoms with van der Waals surface area (Å²) in [5, 5.41) is 24.9. The molecule has 0 fully saturated rings. The molecule has 0 radical (unpaired) electrons. The Morgan fingerprint density at radius 3 is 2.25 bits per heavy atom. The van der Waals surface area contributed by atoms with Gasteiger partial charge in [-0.3, -0.25) is 14.9 Å². The molecule has 1 atom stereocenters. The highest BCUT2D eigenvalue weighted by Crippen LogP contribution is 2.42. The quantitative estimate of drug-likeness (QED) is 0.612. The van der Waals surface area contributed by atoms with E-state index >= 15 is 0 Å². The third-order valence-corrected chi connectivity index (χ3v) is 4.39. The van der Waals surface area contributed by atoms with Crippen molar-refractivity contribution in [3.8, 4) is 0 Å². The van der Waals surface area contributed by atoms with Crippen LogP contribution in [0.5, 0.6) is 0 Å². The Bertz CT molecular complexity index is 961. The van der Waals surface area contributed by atoms with Crippen molar-refractivity contribution in [3.05, 3.63) is 74.8 Å². The highest BCUT2D eigenvalue weighted by Gasteiger charge is 2.63. The van der Waals surface area contributed by atoms with Crippen molar-refractivity contribution in [3.63, 3.8) is 0 Å². The van der Waals surface area contributed by atoms with Crippen LogP contribution in [0.3, 0.4) is 0 Å². The van der Waals surface area contributed by atoms with Crippen LogP contribution in [-0.2, 0) is 0 Å². The van der Waals surface area contributed by atoms with Crippen molar-refractivity contribution in [1.29, 1.82) is 0 Å². The number of carbonyl (C=O) groups excluding carboxylic acids is 1. The molecule has 11 heteroatoms. The number of hydrogen-bond donors (Lipinski definition) is 1. The molecule has 1 N–H and O–H groups in total. The molecule has 7 nitrogen and oxygen atoms in total. The van der Waals surface area contributed by atoms with Gasteiger partial charge in [-0.2, -0.15) is 23.3 Å². The van der Waals surface area contributed by atoms with Gasteiger partial charge in [0.15, 0.2) is 0 Å². The van der Waals surface area contributed by atoms with Gasteiger partial charge in [-0.15, -0.1) is 0 Å². The predicted octanol–water partition coefficient (Wildman–Crippen LogP) is 3.75. The van der Waals surface area contributed by atoms with Crippen LogP contribution in [0.15, 0.2) is 53.6 Å². The van der Waals surface area contributed by atoms with Gasteiger partial charge in [-0.05, 0) is 42.0 Å². The number of rotatable bonds is 3. The van der Waals surface area contributed by atoms with Gasteiger partial charge in [0, 0.05) is 22.7 Å². The molecule has 146 valence electrons. The van der Waals surface area contributed by atoms with Crippen molar-refractivity contribution in [2.45, 2.75) is 18.3 Å². The molecule has 0 saturated heterocycles. The topological polar surface area (TPSA) is 96.0 Å². The molecule has 0 unspecified atom stereocenters. The average Bonchev–Trinajstić information content (AvgIpc) is 3.01. The molecule has 3 rings (SSSR count). The van der Waals surface area contributed by atoms with Crippen LogP contribution in [0.25, 0.3) is 0 Å². The Labute approximate surface area is 160 Å². The third kappa shape index (κ3) is 3.43. The lowest BCUT2D eigenvalue weighted by atomic mass is 10.0. The van der Waals surface area contributed by atoms with Gasteiger partial charge in [0.25, 0.3) is 17.3 Å². The van der Waals surface area contributed by atoms with Crippen LogP contribution in [0.2, 0.25) is 5.02 Å². The maximum Gasteiger partial charge on any atom is 0.438 e. The summed E-state index contributed by atoms with van der Waals surface area (Å²) in [6, 6.07) is 9.63. The molecule has 2 aromatic rings. The molecule has 0 spiro atoms. The zero-order valence-electron chi connectivity index (χ0n) is 13.9. The van der Waals surface area contributed by atoms with Crippen molar-refractivity contribution < 1.29 is 28.0 Å². The number of hydrogen-bond acceptors (Lipinski definition) is 5. The monoisotopic (exact) mass is 413 g/mol. The number of alkyl halides is 3. The molecule has 0 saturated carbocycles. The van der Waals surface area contributed by atoms with Crippen molar-refractivity contribution in [2.24, 2.45) is 5.10 Å². The van der Waals surface area contributed by atoms with E-state index in [4.69, 9.17) is 11.6 Å². The van der Waals surface area contributed by atoms with E-state index in [-0.39, 0.29) is 32.6 Å². The second kappa shape index (κ2) is 6.88. The van der Waals surface area contributed by atoms with E-state index in [0.29, 0.717) is 0 Å². The van der Waals surface area contributed by atoms with Gasteiger partial charge in [0.2, 0.25) is 0 Å². The minimum Gasteiger partial charge on any atom is -0.362 e. The number of amides is 1. The maximum absolute atomic E-state index is 13.6. The number of benzene rings is 2. The molecule has 0 aliphatic carbocycles. The number of carbonyl (C=O) groups is 1. The van der Waals surface area contributed by atoms with E-state index < -0.39 is 29.2 Å². The minimum absolute atomic E-state index is 0.0208. The number of hydrazone groups is 1. The van der Waals surface area contributed by atoms with E-state index in [1.165, 1.54) is 36.4 Å². The highest BCUT2D eigenvalue weighted by molar-refractivity contribution is 6.30.